The number of ether oxygens (including phenoxy) is 2. The Bertz CT molecular complexity index is 1010. The molecule has 0 saturated heterocycles. The fraction of sp³-hybridized carbons (Fsp3) is 0.261. The molecule has 0 saturated carbocycles. The van der Waals surface area contributed by atoms with Gasteiger partial charge in [-0.2, -0.15) is 0 Å². The van der Waals surface area contributed by atoms with Crippen molar-refractivity contribution in [1.82, 2.24) is 9.88 Å². The predicted molar refractivity (Wildman–Crippen MR) is 109 cm³/mol. The summed E-state index contributed by atoms with van der Waals surface area (Å²) >= 11 is 0. The number of fused-ring (bicyclic) bond motifs is 5. The molecule has 2 atom stereocenters. The van der Waals surface area contributed by atoms with E-state index in [-0.39, 0.29) is 12.2 Å². The zero-order chi connectivity index (χ0) is 19.1. The van der Waals surface area contributed by atoms with E-state index in [1.807, 2.05) is 18.3 Å². The highest BCUT2D eigenvalue weighted by molar-refractivity contribution is 5.61. The highest BCUT2D eigenvalue weighted by Crippen LogP contribution is 2.48. The van der Waals surface area contributed by atoms with Gasteiger partial charge < -0.3 is 14.8 Å². The van der Waals surface area contributed by atoms with Crippen LogP contribution >= 0.6 is 0 Å². The SMILES string of the molecule is COc1cc2c(cc1OC)C1c3ccccc3NC(c3ccccn3)N1CC2. The fourth-order valence-electron chi connectivity index (χ4n) is 4.47. The zero-order valence-corrected chi connectivity index (χ0v) is 16.1. The van der Waals surface area contributed by atoms with Gasteiger partial charge in [-0.1, -0.05) is 24.3 Å². The molecule has 3 aromatic rings. The van der Waals surface area contributed by atoms with E-state index < -0.39 is 0 Å². The quantitative estimate of drug-likeness (QED) is 0.747. The van der Waals surface area contributed by atoms with E-state index in [1.165, 1.54) is 16.7 Å². The van der Waals surface area contributed by atoms with Gasteiger partial charge in [0.15, 0.2) is 11.5 Å². The average molecular weight is 373 g/mol. The lowest BCUT2D eigenvalue weighted by Crippen LogP contribution is -2.45. The molecule has 0 fully saturated rings. The smallest absolute Gasteiger partial charge is 0.161 e. The average Bonchev–Trinajstić information content (AvgIpc) is 2.77. The fourth-order valence-corrected chi connectivity index (χ4v) is 4.47. The van der Waals surface area contributed by atoms with Crippen LogP contribution in [0.3, 0.4) is 0 Å². The summed E-state index contributed by atoms with van der Waals surface area (Å²) in [6.07, 6.45) is 2.85. The second-order valence-electron chi connectivity index (χ2n) is 7.19. The maximum Gasteiger partial charge on any atom is 0.161 e. The minimum Gasteiger partial charge on any atom is -0.493 e. The summed E-state index contributed by atoms with van der Waals surface area (Å²) in [5.41, 5.74) is 6.06. The molecule has 0 amide bonds. The number of benzene rings is 2. The molecule has 2 aliphatic rings. The summed E-state index contributed by atoms with van der Waals surface area (Å²) < 4.78 is 11.1. The van der Waals surface area contributed by atoms with Gasteiger partial charge in [0.1, 0.15) is 6.17 Å². The number of pyridine rings is 1. The number of aromatic nitrogens is 1. The molecule has 3 heterocycles. The molecule has 2 aromatic carbocycles. The van der Waals surface area contributed by atoms with Crippen molar-refractivity contribution < 1.29 is 9.47 Å². The lowest BCUT2D eigenvalue weighted by Gasteiger charge is -2.47. The van der Waals surface area contributed by atoms with Crippen LogP contribution < -0.4 is 14.8 Å². The number of anilines is 1. The first kappa shape index (κ1) is 17.1. The summed E-state index contributed by atoms with van der Waals surface area (Å²) in [6.45, 7) is 0.940. The third kappa shape index (κ3) is 2.62. The van der Waals surface area contributed by atoms with Crippen LogP contribution in [-0.2, 0) is 6.42 Å². The van der Waals surface area contributed by atoms with Gasteiger partial charge in [-0.05, 0) is 53.4 Å². The minimum absolute atomic E-state index is 0.0300. The molecular formula is C23H23N3O2. The van der Waals surface area contributed by atoms with Gasteiger partial charge in [-0.3, -0.25) is 9.88 Å². The Morgan fingerprint density at radius 2 is 1.75 bits per heavy atom. The molecule has 0 aliphatic carbocycles. The number of rotatable bonds is 3. The van der Waals surface area contributed by atoms with E-state index in [2.05, 4.69) is 57.7 Å². The van der Waals surface area contributed by atoms with Gasteiger partial charge in [-0.15, -0.1) is 0 Å². The third-order valence-electron chi connectivity index (χ3n) is 5.76. The molecule has 28 heavy (non-hydrogen) atoms. The maximum atomic E-state index is 5.61. The Hall–Kier alpha value is -3.05. The summed E-state index contributed by atoms with van der Waals surface area (Å²) in [7, 11) is 3.38. The van der Waals surface area contributed by atoms with Crippen molar-refractivity contribution in [2.24, 2.45) is 0 Å². The maximum absolute atomic E-state index is 5.61. The second-order valence-corrected chi connectivity index (χ2v) is 7.19. The first-order chi connectivity index (χ1) is 13.8. The monoisotopic (exact) mass is 373 g/mol. The number of hydrogen-bond donors (Lipinski definition) is 1. The van der Waals surface area contributed by atoms with Gasteiger partial charge in [-0.25, -0.2) is 0 Å². The summed E-state index contributed by atoms with van der Waals surface area (Å²) in [5.74, 6) is 1.56. The summed E-state index contributed by atoms with van der Waals surface area (Å²) in [4.78, 5) is 7.13. The van der Waals surface area contributed by atoms with Crippen LogP contribution in [0.25, 0.3) is 0 Å². The molecular weight excluding hydrogens is 350 g/mol. The van der Waals surface area contributed by atoms with Crippen LogP contribution in [0.4, 0.5) is 5.69 Å². The summed E-state index contributed by atoms with van der Waals surface area (Å²) in [5, 5.41) is 3.70. The molecule has 0 spiro atoms. The van der Waals surface area contributed by atoms with Gasteiger partial charge in [0.2, 0.25) is 0 Å². The van der Waals surface area contributed by atoms with Crippen molar-refractivity contribution >= 4 is 5.69 Å². The minimum atomic E-state index is 0.0300. The molecule has 1 N–H and O–H groups in total. The van der Waals surface area contributed by atoms with E-state index in [9.17, 15) is 0 Å². The van der Waals surface area contributed by atoms with Crippen molar-refractivity contribution in [3.63, 3.8) is 0 Å². The molecule has 1 aromatic heterocycles. The number of nitrogens with one attached hydrogen (secondary N) is 1. The highest BCUT2D eigenvalue weighted by Gasteiger charge is 2.40. The number of nitrogens with zero attached hydrogens (tertiary/aromatic N) is 2. The molecule has 2 unspecified atom stereocenters. The molecule has 0 radical (unpaired) electrons. The van der Waals surface area contributed by atoms with Crippen LogP contribution in [-0.4, -0.2) is 30.6 Å². The zero-order valence-electron chi connectivity index (χ0n) is 16.1. The number of hydrogen-bond acceptors (Lipinski definition) is 5. The van der Waals surface area contributed by atoms with Gasteiger partial charge in [0.05, 0.1) is 26.0 Å². The van der Waals surface area contributed by atoms with Crippen molar-refractivity contribution in [1.29, 1.82) is 0 Å². The standard InChI is InChI=1S/C23H23N3O2/c1-27-20-13-15-10-12-26-22(17(15)14-21(20)28-2)16-7-3-4-8-18(16)25-23(26)19-9-5-6-11-24-19/h3-9,11,13-14,22-23,25H,10,12H2,1-2H3. The van der Waals surface area contributed by atoms with Gasteiger partial charge >= 0.3 is 0 Å². The van der Waals surface area contributed by atoms with Crippen LogP contribution in [0.1, 0.15) is 34.6 Å². The van der Waals surface area contributed by atoms with E-state index >= 15 is 0 Å². The van der Waals surface area contributed by atoms with Gasteiger partial charge in [0, 0.05) is 18.4 Å². The molecule has 2 aliphatic heterocycles. The molecule has 5 nitrogen and oxygen atoms in total. The van der Waals surface area contributed by atoms with E-state index in [4.69, 9.17) is 9.47 Å². The number of methoxy groups -OCH3 is 2. The summed E-state index contributed by atoms with van der Waals surface area (Å²) in [6, 6.07) is 19.1. The van der Waals surface area contributed by atoms with E-state index in [0.717, 1.165) is 35.8 Å². The molecule has 5 rings (SSSR count). The van der Waals surface area contributed by atoms with E-state index in [0.29, 0.717) is 0 Å². The van der Waals surface area contributed by atoms with Crippen LogP contribution in [0.15, 0.2) is 60.8 Å². The van der Waals surface area contributed by atoms with Crippen molar-refractivity contribution in [2.75, 3.05) is 26.1 Å². The van der Waals surface area contributed by atoms with E-state index in [1.54, 1.807) is 14.2 Å². The van der Waals surface area contributed by atoms with Crippen LogP contribution in [0.5, 0.6) is 11.5 Å². The normalized spacial score (nSPS) is 20.4. The molecule has 5 heteroatoms. The van der Waals surface area contributed by atoms with Crippen molar-refractivity contribution in [3.8, 4) is 11.5 Å². The van der Waals surface area contributed by atoms with Crippen LogP contribution in [0.2, 0.25) is 0 Å². The topological polar surface area (TPSA) is 46.6 Å². The van der Waals surface area contributed by atoms with Crippen molar-refractivity contribution in [3.05, 3.63) is 83.2 Å². The Kier molecular flexibility index (Phi) is 4.17. The van der Waals surface area contributed by atoms with Crippen molar-refractivity contribution in [2.45, 2.75) is 18.6 Å². The van der Waals surface area contributed by atoms with Crippen LogP contribution in [0, 0.1) is 0 Å². The van der Waals surface area contributed by atoms with Gasteiger partial charge in [0.25, 0.3) is 0 Å². The Morgan fingerprint density at radius 3 is 2.54 bits per heavy atom. The number of para-hydroxylation sites is 1. The predicted octanol–water partition coefficient (Wildman–Crippen LogP) is 4.17. The first-order valence-electron chi connectivity index (χ1n) is 9.57. The Balaban J connectivity index is 1.69. The lowest BCUT2D eigenvalue weighted by molar-refractivity contribution is 0.150. The Morgan fingerprint density at radius 1 is 0.964 bits per heavy atom. The lowest BCUT2D eigenvalue weighted by atomic mass is 9.84. The Labute approximate surface area is 164 Å². The largest absolute Gasteiger partial charge is 0.493 e. The third-order valence-corrected chi connectivity index (χ3v) is 5.76. The second kappa shape index (κ2) is 6.84. The molecule has 0 bridgehead atoms. The first-order valence-corrected chi connectivity index (χ1v) is 9.57. The highest BCUT2D eigenvalue weighted by atomic mass is 16.5. The molecule has 142 valence electrons.